The summed E-state index contributed by atoms with van der Waals surface area (Å²) >= 11 is 0. The molecule has 0 amide bonds. The molecule has 0 bridgehead atoms. The summed E-state index contributed by atoms with van der Waals surface area (Å²) in [6, 6.07) is 3.93. The van der Waals surface area contributed by atoms with Crippen LogP contribution in [0.4, 0.5) is 0 Å². The Bertz CT molecular complexity index is 365. The predicted octanol–water partition coefficient (Wildman–Crippen LogP) is 0.564. The van der Waals surface area contributed by atoms with Crippen molar-refractivity contribution in [3.8, 4) is 0 Å². The number of aromatic nitrogens is 1. The minimum atomic E-state index is -0.215. The fraction of sp³-hybridized carbons (Fsp3) is 0.643. The van der Waals surface area contributed by atoms with Crippen molar-refractivity contribution in [2.45, 2.75) is 31.7 Å². The summed E-state index contributed by atoms with van der Waals surface area (Å²) in [5, 5.41) is 0. The molecule has 3 heterocycles. The van der Waals surface area contributed by atoms with E-state index in [0.29, 0.717) is 6.61 Å². The summed E-state index contributed by atoms with van der Waals surface area (Å²) < 4.78 is 11.7. The second-order valence-corrected chi connectivity index (χ2v) is 5.22. The zero-order chi connectivity index (χ0) is 12.2. The maximum Gasteiger partial charge on any atom is 0.186 e. The first-order valence-corrected chi connectivity index (χ1v) is 6.92. The SMILES string of the molecule is c1cncc([C@@H]2OC[C@@H](C[NH+]3CCCCC3)O2)c1. The Balaban J connectivity index is 1.52. The van der Waals surface area contributed by atoms with Crippen molar-refractivity contribution in [2.24, 2.45) is 0 Å². The highest BCUT2D eigenvalue weighted by atomic mass is 16.7. The minimum Gasteiger partial charge on any atom is -0.345 e. The molecule has 2 atom stereocenters. The molecule has 0 aliphatic carbocycles. The van der Waals surface area contributed by atoms with Crippen molar-refractivity contribution >= 4 is 0 Å². The number of hydrogen-bond acceptors (Lipinski definition) is 3. The number of pyridine rings is 1. The third-order valence-electron chi connectivity index (χ3n) is 3.78. The van der Waals surface area contributed by atoms with Crippen molar-refractivity contribution in [3.05, 3.63) is 30.1 Å². The van der Waals surface area contributed by atoms with Crippen LogP contribution in [-0.2, 0) is 9.47 Å². The first kappa shape index (κ1) is 12.1. The molecule has 1 aromatic rings. The van der Waals surface area contributed by atoms with Gasteiger partial charge in [-0.2, -0.15) is 0 Å². The third-order valence-corrected chi connectivity index (χ3v) is 3.78. The van der Waals surface area contributed by atoms with Crippen molar-refractivity contribution in [3.63, 3.8) is 0 Å². The first-order valence-electron chi connectivity index (χ1n) is 6.92. The Labute approximate surface area is 108 Å². The van der Waals surface area contributed by atoms with Gasteiger partial charge in [-0.25, -0.2) is 0 Å². The van der Waals surface area contributed by atoms with Gasteiger partial charge in [0.05, 0.1) is 19.7 Å². The van der Waals surface area contributed by atoms with Crippen LogP contribution in [0.15, 0.2) is 24.5 Å². The molecule has 1 N–H and O–H groups in total. The van der Waals surface area contributed by atoms with E-state index in [0.717, 1.165) is 12.1 Å². The number of likely N-dealkylation sites (tertiary alicyclic amines) is 1. The lowest BCUT2D eigenvalue weighted by molar-refractivity contribution is -0.907. The minimum absolute atomic E-state index is 0.215. The molecule has 2 fully saturated rings. The lowest BCUT2D eigenvalue weighted by Gasteiger charge is -2.25. The van der Waals surface area contributed by atoms with Gasteiger partial charge in [0, 0.05) is 18.0 Å². The van der Waals surface area contributed by atoms with E-state index in [2.05, 4.69) is 4.98 Å². The van der Waals surface area contributed by atoms with Gasteiger partial charge < -0.3 is 14.4 Å². The molecule has 0 aromatic carbocycles. The van der Waals surface area contributed by atoms with E-state index in [1.165, 1.54) is 32.4 Å². The molecule has 0 unspecified atom stereocenters. The van der Waals surface area contributed by atoms with Gasteiger partial charge in [0.1, 0.15) is 12.6 Å². The van der Waals surface area contributed by atoms with Crippen LogP contribution < -0.4 is 4.90 Å². The molecule has 3 rings (SSSR count). The van der Waals surface area contributed by atoms with Crippen molar-refractivity contribution in [1.29, 1.82) is 0 Å². The second-order valence-electron chi connectivity index (χ2n) is 5.22. The van der Waals surface area contributed by atoms with Crippen LogP contribution in [0.1, 0.15) is 31.1 Å². The number of quaternary nitrogens is 1. The Hall–Kier alpha value is -0.970. The van der Waals surface area contributed by atoms with Gasteiger partial charge >= 0.3 is 0 Å². The number of piperidine rings is 1. The average molecular weight is 249 g/mol. The molecule has 4 nitrogen and oxygen atoms in total. The van der Waals surface area contributed by atoms with Gasteiger partial charge in [-0.3, -0.25) is 4.98 Å². The Kier molecular flexibility index (Phi) is 3.88. The second kappa shape index (κ2) is 5.78. The highest BCUT2D eigenvalue weighted by molar-refractivity contribution is 5.10. The zero-order valence-corrected chi connectivity index (χ0v) is 10.7. The van der Waals surface area contributed by atoms with E-state index in [1.807, 2.05) is 18.3 Å². The van der Waals surface area contributed by atoms with Crippen LogP contribution in [0, 0.1) is 0 Å². The van der Waals surface area contributed by atoms with E-state index in [4.69, 9.17) is 9.47 Å². The zero-order valence-electron chi connectivity index (χ0n) is 10.7. The maximum atomic E-state index is 5.97. The molecule has 0 spiro atoms. The lowest BCUT2D eigenvalue weighted by Crippen LogP contribution is -3.13. The molecule has 1 aromatic heterocycles. The molecule has 4 heteroatoms. The fourth-order valence-corrected chi connectivity index (χ4v) is 2.82. The molecule has 2 saturated heterocycles. The monoisotopic (exact) mass is 249 g/mol. The maximum absolute atomic E-state index is 5.97. The van der Waals surface area contributed by atoms with Crippen LogP contribution in [-0.4, -0.2) is 37.3 Å². The van der Waals surface area contributed by atoms with Crippen molar-refractivity contribution in [1.82, 2.24) is 4.98 Å². The molecule has 98 valence electrons. The number of nitrogens with one attached hydrogen (secondary N) is 1. The first-order chi connectivity index (χ1) is 8.92. The molecule has 2 aliphatic heterocycles. The molecular formula is C14H21N2O2+. The van der Waals surface area contributed by atoms with Gasteiger partial charge in [-0.05, 0) is 25.3 Å². The van der Waals surface area contributed by atoms with Gasteiger partial charge in [-0.15, -0.1) is 0 Å². The molecular weight excluding hydrogens is 228 g/mol. The Morgan fingerprint density at radius 3 is 2.94 bits per heavy atom. The molecule has 18 heavy (non-hydrogen) atoms. The standard InChI is InChI=1S/C14H20N2O2/c1-2-7-16(8-3-1)10-13-11-17-14(18-13)12-5-4-6-15-9-12/h4-6,9,13-14H,1-3,7-8,10-11H2/p+1/t13-,14-/m1/s1. The summed E-state index contributed by atoms with van der Waals surface area (Å²) in [7, 11) is 0. The van der Waals surface area contributed by atoms with E-state index in [9.17, 15) is 0 Å². The number of rotatable bonds is 3. The van der Waals surface area contributed by atoms with Gasteiger partial charge in [0.2, 0.25) is 0 Å². The number of ether oxygens (including phenoxy) is 2. The fourth-order valence-electron chi connectivity index (χ4n) is 2.82. The van der Waals surface area contributed by atoms with Gasteiger partial charge in [0.25, 0.3) is 0 Å². The van der Waals surface area contributed by atoms with Crippen LogP contribution in [0.3, 0.4) is 0 Å². The normalized spacial score (nSPS) is 29.6. The van der Waals surface area contributed by atoms with Gasteiger partial charge in [-0.1, -0.05) is 6.07 Å². The molecule has 2 aliphatic rings. The summed E-state index contributed by atoms with van der Waals surface area (Å²) in [5.41, 5.74) is 1.02. The molecule has 0 saturated carbocycles. The Morgan fingerprint density at radius 1 is 1.28 bits per heavy atom. The van der Waals surface area contributed by atoms with E-state index < -0.39 is 0 Å². The van der Waals surface area contributed by atoms with E-state index >= 15 is 0 Å². The van der Waals surface area contributed by atoms with Crippen molar-refractivity contribution in [2.75, 3.05) is 26.2 Å². The highest BCUT2D eigenvalue weighted by Crippen LogP contribution is 2.25. The predicted molar refractivity (Wildman–Crippen MR) is 67.2 cm³/mol. The smallest absolute Gasteiger partial charge is 0.186 e. The summed E-state index contributed by atoms with van der Waals surface area (Å²) in [6.07, 6.45) is 7.72. The third kappa shape index (κ3) is 2.88. The van der Waals surface area contributed by atoms with E-state index in [1.54, 1.807) is 11.1 Å². The summed E-state index contributed by atoms with van der Waals surface area (Å²) in [4.78, 5) is 5.77. The van der Waals surface area contributed by atoms with Crippen LogP contribution in [0.25, 0.3) is 0 Å². The summed E-state index contributed by atoms with van der Waals surface area (Å²) in [5.74, 6) is 0. The van der Waals surface area contributed by atoms with E-state index in [-0.39, 0.29) is 12.4 Å². The van der Waals surface area contributed by atoms with Crippen LogP contribution in [0.5, 0.6) is 0 Å². The summed E-state index contributed by atoms with van der Waals surface area (Å²) in [6.45, 7) is 4.37. The number of hydrogen-bond donors (Lipinski definition) is 1. The molecule has 0 radical (unpaired) electrons. The highest BCUT2D eigenvalue weighted by Gasteiger charge is 2.30. The van der Waals surface area contributed by atoms with Crippen LogP contribution >= 0.6 is 0 Å². The topological polar surface area (TPSA) is 35.8 Å². The number of nitrogens with zero attached hydrogens (tertiary/aromatic N) is 1. The van der Waals surface area contributed by atoms with Crippen molar-refractivity contribution < 1.29 is 14.4 Å². The largest absolute Gasteiger partial charge is 0.345 e. The Morgan fingerprint density at radius 2 is 2.17 bits per heavy atom. The average Bonchev–Trinajstić information content (AvgIpc) is 2.89. The quantitative estimate of drug-likeness (QED) is 0.850. The lowest BCUT2D eigenvalue weighted by atomic mass is 10.1. The van der Waals surface area contributed by atoms with Gasteiger partial charge in [0.15, 0.2) is 6.29 Å². The van der Waals surface area contributed by atoms with Crippen LogP contribution in [0.2, 0.25) is 0 Å².